The van der Waals surface area contributed by atoms with E-state index >= 15 is 0 Å². The first-order chi connectivity index (χ1) is 24.8. The van der Waals surface area contributed by atoms with Crippen molar-refractivity contribution in [2.24, 2.45) is 0 Å². The van der Waals surface area contributed by atoms with Gasteiger partial charge in [-0.25, -0.2) is 17.5 Å². The quantitative estimate of drug-likeness (QED) is 0.121. The zero-order valence-corrected chi connectivity index (χ0v) is 29.1. The summed E-state index contributed by atoms with van der Waals surface area (Å²) in [6.45, 7) is -0.341. The van der Waals surface area contributed by atoms with Crippen molar-refractivity contribution >= 4 is 38.5 Å². The van der Waals surface area contributed by atoms with Crippen molar-refractivity contribution in [1.82, 2.24) is 9.29 Å². The van der Waals surface area contributed by atoms with Crippen LogP contribution >= 0.6 is 11.6 Å². The van der Waals surface area contributed by atoms with Crippen LogP contribution in [-0.4, -0.2) is 25.5 Å². The van der Waals surface area contributed by atoms with Crippen LogP contribution in [0, 0.1) is 5.82 Å². The molecule has 1 N–H and O–H groups in total. The molecule has 0 atom stereocenters. The second-order valence-corrected chi connectivity index (χ2v) is 14.4. The normalized spacial score (nSPS) is 12.1. The number of fused-ring (bicyclic) bond motifs is 1. The van der Waals surface area contributed by atoms with E-state index in [4.69, 9.17) is 11.6 Å². The highest BCUT2D eigenvalue weighted by Crippen LogP contribution is 2.39. The molecule has 52 heavy (non-hydrogen) atoms. The number of carbonyl (C=O) groups is 1. The van der Waals surface area contributed by atoms with E-state index in [2.05, 4.69) is 9.29 Å². The Morgan fingerprint density at radius 3 is 2.04 bits per heavy atom. The predicted molar refractivity (Wildman–Crippen MR) is 190 cm³/mol. The lowest BCUT2D eigenvalue weighted by atomic mass is 9.97. The highest BCUT2D eigenvalue weighted by molar-refractivity contribution is 7.89. The molecule has 12 heteroatoms. The maximum absolute atomic E-state index is 14.8. The lowest BCUT2D eigenvalue weighted by Crippen LogP contribution is -2.30. The van der Waals surface area contributed by atoms with Gasteiger partial charge in [-0.3, -0.25) is 0 Å². The number of benzene rings is 5. The zero-order chi connectivity index (χ0) is 37.0. The zero-order valence-electron chi connectivity index (χ0n) is 27.5. The van der Waals surface area contributed by atoms with E-state index < -0.39 is 44.5 Å². The summed E-state index contributed by atoms with van der Waals surface area (Å²) >= 11 is 6.55. The molecule has 268 valence electrons. The standard InChI is InChI=1S/C40H33ClF4N2O4S/c41-30-21-22-35-32(25-30)31(14-7-9-26-17-19-29(20-18-26)39(48)49)36(47(35)37(27-10-3-1-4-11-27)28-12-5-2-6-13-28)23-24-46-52(50,51)38-33(40(43,44)45)15-8-16-34(38)42/h1-6,8,10-13,15-22,25,37,46H,7,9,14,23-24H2,(H,48,49)/p-1. The van der Waals surface area contributed by atoms with Crippen LogP contribution in [0.25, 0.3) is 10.9 Å². The highest BCUT2D eigenvalue weighted by Gasteiger charge is 2.39. The van der Waals surface area contributed by atoms with Gasteiger partial charge in [-0.15, -0.1) is 0 Å². The number of hydrogen-bond donors (Lipinski definition) is 1. The number of carbonyl (C=O) groups excluding carboxylic acids is 1. The van der Waals surface area contributed by atoms with Gasteiger partial charge < -0.3 is 14.5 Å². The van der Waals surface area contributed by atoms with E-state index in [0.717, 1.165) is 44.9 Å². The molecule has 0 saturated carbocycles. The molecule has 0 unspecified atom stereocenters. The topological polar surface area (TPSA) is 91.2 Å². The number of carboxylic acids is 1. The Morgan fingerprint density at radius 1 is 0.808 bits per heavy atom. The van der Waals surface area contributed by atoms with Gasteiger partial charge in [-0.2, -0.15) is 13.2 Å². The molecular weight excluding hydrogens is 716 g/mol. The number of sulfonamides is 1. The summed E-state index contributed by atoms with van der Waals surface area (Å²) in [5.41, 5.74) is 3.63. The smallest absolute Gasteiger partial charge is 0.417 e. The molecule has 1 heterocycles. The first kappa shape index (κ1) is 36.8. The maximum atomic E-state index is 14.8. The van der Waals surface area contributed by atoms with Crippen molar-refractivity contribution in [2.45, 2.75) is 42.8 Å². The fourth-order valence-corrected chi connectivity index (χ4v) is 8.16. The van der Waals surface area contributed by atoms with E-state index in [1.807, 2.05) is 72.8 Å². The van der Waals surface area contributed by atoms with Crippen LogP contribution in [0.4, 0.5) is 17.6 Å². The number of aromatic nitrogens is 1. The summed E-state index contributed by atoms with van der Waals surface area (Å²) in [7, 11) is -4.95. The number of nitrogens with zero attached hydrogens (tertiary/aromatic N) is 1. The Morgan fingerprint density at radius 2 is 1.44 bits per heavy atom. The van der Waals surface area contributed by atoms with Gasteiger partial charge >= 0.3 is 6.18 Å². The summed E-state index contributed by atoms with van der Waals surface area (Å²) in [5, 5.41) is 12.5. The number of nitrogens with one attached hydrogen (secondary N) is 1. The lowest BCUT2D eigenvalue weighted by molar-refractivity contribution is -0.255. The van der Waals surface area contributed by atoms with E-state index in [1.165, 1.54) is 12.1 Å². The maximum Gasteiger partial charge on any atom is 0.417 e. The second kappa shape index (κ2) is 15.3. The van der Waals surface area contributed by atoms with Crippen molar-refractivity contribution in [3.05, 3.63) is 171 Å². The van der Waals surface area contributed by atoms with E-state index in [-0.39, 0.29) is 18.5 Å². The van der Waals surface area contributed by atoms with Crippen LogP contribution in [0.15, 0.2) is 126 Å². The molecule has 0 radical (unpaired) electrons. The van der Waals surface area contributed by atoms with Gasteiger partial charge in [0.05, 0.1) is 17.6 Å². The largest absolute Gasteiger partial charge is 0.545 e. The summed E-state index contributed by atoms with van der Waals surface area (Å²) in [6.07, 6.45) is -3.38. The Balaban J connectivity index is 1.45. The molecule has 6 nitrogen and oxygen atoms in total. The molecule has 0 aliphatic rings. The number of carboxylic acid groups (broad SMARTS) is 1. The molecule has 6 aromatic rings. The van der Waals surface area contributed by atoms with Crippen molar-refractivity contribution in [3.63, 3.8) is 0 Å². The molecule has 0 fully saturated rings. The fraction of sp³-hybridized carbons (Fsp3) is 0.175. The summed E-state index contributed by atoms with van der Waals surface area (Å²) < 4.78 is 87.3. The van der Waals surface area contributed by atoms with E-state index in [0.29, 0.717) is 36.4 Å². The van der Waals surface area contributed by atoms with Crippen LogP contribution in [0.5, 0.6) is 0 Å². The summed E-state index contributed by atoms with van der Waals surface area (Å²) in [4.78, 5) is 9.78. The van der Waals surface area contributed by atoms with Crippen molar-refractivity contribution < 1.29 is 35.9 Å². The molecule has 0 saturated heterocycles. The van der Waals surface area contributed by atoms with E-state index in [9.17, 15) is 35.9 Å². The minimum atomic E-state index is -5.10. The van der Waals surface area contributed by atoms with Crippen LogP contribution in [-0.2, 0) is 35.5 Å². The monoisotopic (exact) mass is 747 g/mol. The van der Waals surface area contributed by atoms with Crippen LogP contribution in [0.3, 0.4) is 0 Å². The average molecular weight is 748 g/mol. The predicted octanol–water partition coefficient (Wildman–Crippen LogP) is 8.15. The minimum Gasteiger partial charge on any atom is -0.545 e. The second-order valence-electron chi connectivity index (χ2n) is 12.3. The summed E-state index contributed by atoms with van der Waals surface area (Å²) in [6, 6.07) is 33.0. The third-order valence-corrected chi connectivity index (χ3v) is 10.7. The SMILES string of the molecule is O=C([O-])c1ccc(CCCc2c(CCNS(=O)(=O)c3c(F)cccc3C(F)(F)F)n(C(c3ccccc3)c3ccccc3)c3ccc(Cl)cc23)cc1. The van der Waals surface area contributed by atoms with Gasteiger partial charge in [-0.1, -0.05) is 103 Å². The van der Waals surface area contributed by atoms with Gasteiger partial charge in [0, 0.05) is 34.6 Å². The van der Waals surface area contributed by atoms with Crippen LogP contribution in [0.2, 0.25) is 5.02 Å². The van der Waals surface area contributed by atoms with Gasteiger partial charge in [0.1, 0.15) is 10.7 Å². The van der Waals surface area contributed by atoms with Crippen molar-refractivity contribution in [3.8, 4) is 0 Å². The van der Waals surface area contributed by atoms with Crippen LogP contribution < -0.4 is 9.83 Å². The number of halogens is 5. The van der Waals surface area contributed by atoms with E-state index in [1.54, 1.807) is 18.2 Å². The molecule has 0 bridgehead atoms. The third-order valence-electron chi connectivity index (χ3n) is 8.95. The van der Waals surface area contributed by atoms with Gasteiger partial charge in [0.25, 0.3) is 0 Å². The Labute approximate surface area is 303 Å². The first-order valence-electron chi connectivity index (χ1n) is 16.4. The molecular formula is C40H32ClF4N2O4S-. The lowest BCUT2D eigenvalue weighted by Gasteiger charge is -2.25. The van der Waals surface area contributed by atoms with Gasteiger partial charge in [-0.05, 0) is 77.4 Å². The summed E-state index contributed by atoms with van der Waals surface area (Å²) in [5.74, 6) is -2.78. The highest BCUT2D eigenvalue weighted by atomic mass is 35.5. The van der Waals surface area contributed by atoms with Crippen LogP contribution in [0.1, 0.15) is 56.3 Å². The molecule has 5 aromatic carbocycles. The average Bonchev–Trinajstić information content (AvgIpc) is 3.40. The first-order valence-corrected chi connectivity index (χ1v) is 18.3. The minimum absolute atomic E-state index is 0.0349. The molecule has 1 aromatic heterocycles. The number of alkyl halides is 3. The van der Waals surface area contributed by atoms with Gasteiger partial charge in [0.2, 0.25) is 10.0 Å². The Hall–Kier alpha value is -4.97. The Kier molecular flexibility index (Phi) is 10.9. The molecule has 6 rings (SSSR count). The third kappa shape index (κ3) is 7.91. The molecule has 0 aliphatic heterocycles. The Bertz CT molecular complexity index is 2270. The van der Waals surface area contributed by atoms with Crippen molar-refractivity contribution in [1.29, 1.82) is 0 Å². The molecule has 0 spiro atoms. The number of aryl methyl sites for hydroxylation is 2. The number of aromatic carboxylic acids is 1. The fourth-order valence-electron chi connectivity index (χ4n) is 6.67. The molecule has 0 aliphatic carbocycles. The number of rotatable bonds is 13. The molecule has 0 amide bonds. The number of hydrogen-bond acceptors (Lipinski definition) is 4. The van der Waals surface area contributed by atoms with Gasteiger partial charge in [0.15, 0.2) is 0 Å². The van der Waals surface area contributed by atoms with Crippen molar-refractivity contribution in [2.75, 3.05) is 6.54 Å².